The van der Waals surface area contributed by atoms with E-state index < -0.39 is 11.5 Å². The summed E-state index contributed by atoms with van der Waals surface area (Å²) >= 11 is 5.62. The van der Waals surface area contributed by atoms with Crippen molar-refractivity contribution in [3.63, 3.8) is 0 Å². The minimum absolute atomic E-state index is 0.175. The minimum atomic E-state index is -1.58. The first-order chi connectivity index (χ1) is 13.5. The van der Waals surface area contributed by atoms with E-state index in [0.29, 0.717) is 22.8 Å². The van der Waals surface area contributed by atoms with E-state index in [-0.39, 0.29) is 10.9 Å². The standard InChI is InChI=1S/C20H17N5O2S/c1-13-17(18(26)24(21-13)15-9-5-3-6-10-15)20(23-27)14(2)22-25(19(20)28)16-11-7-4-8-12-16/h3-12,17H,1-2H3. The molecule has 2 aromatic rings. The molecule has 4 rings (SSSR count). The first-order valence-electron chi connectivity index (χ1n) is 8.74. The SMILES string of the molecule is CC1=NN(c2ccccc2)C(=O)C1C1(N=O)C(=S)N(c2ccccc2)N=C1C. The molecular formula is C20H17N5O2S. The molecule has 2 atom stereocenters. The number of thiocarbonyl (C=S) groups is 1. The van der Waals surface area contributed by atoms with Crippen molar-refractivity contribution in [2.75, 3.05) is 10.0 Å². The van der Waals surface area contributed by atoms with Gasteiger partial charge in [-0.05, 0) is 43.3 Å². The highest BCUT2D eigenvalue weighted by atomic mass is 32.1. The van der Waals surface area contributed by atoms with Crippen molar-refractivity contribution in [2.45, 2.75) is 19.4 Å². The number of benzene rings is 2. The second-order valence-corrected chi connectivity index (χ2v) is 7.04. The molecule has 0 saturated carbocycles. The number of nitroso groups, excluding NO2 is 1. The maximum absolute atomic E-state index is 13.3. The lowest BCUT2D eigenvalue weighted by Crippen LogP contribution is -2.54. The van der Waals surface area contributed by atoms with Gasteiger partial charge < -0.3 is 0 Å². The van der Waals surface area contributed by atoms with Crippen LogP contribution >= 0.6 is 12.2 Å². The second kappa shape index (κ2) is 6.72. The Kier molecular flexibility index (Phi) is 4.35. The zero-order chi connectivity index (χ0) is 19.9. The Bertz CT molecular complexity index is 1020. The number of carbonyl (C=O) groups is 1. The summed E-state index contributed by atoms with van der Waals surface area (Å²) in [4.78, 5) is 25.6. The highest BCUT2D eigenvalue weighted by molar-refractivity contribution is 7.81. The lowest BCUT2D eigenvalue weighted by molar-refractivity contribution is -0.120. The first-order valence-corrected chi connectivity index (χ1v) is 9.15. The topological polar surface area (TPSA) is 77.7 Å². The normalized spacial score (nSPS) is 24.4. The Morgan fingerprint density at radius 1 is 0.929 bits per heavy atom. The van der Waals surface area contributed by atoms with Crippen LogP contribution in [0.25, 0.3) is 0 Å². The fourth-order valence-corrected chi connectivity index (χ4v) is 4.07. The quantitative estimate of drug-likeness (QED) is 0.587. The molecule has 2 aromatic carbocycles. The lowest BCUT2D eigenvalue weighted by Gasteiger charge is -2.28. The Labute approximate surface area is 167 Å². The average molecular weight is 391 g/mol. The van der Waals surface area contributed by atoms with E-state index in [1.165, 1.54) is 10.0 Å². The smallest absolute Gasteiger partial charge is 0.259 e. The third-order valence-corrected chi connectivity index (χ3v) is 5.50. The van der Waals surface area contributed by atoms with Gasteiger partial charge in [-0.1, -0.05) is 48.6 Å². The first kappa shape index (κ1) is 18.1. The highest BCUT2D eigenvalue weighted by Crippen LogP contribution is 2.40. The Hall–Kier alpha value is -3.26. The predicted octanol–water partition coefficient (Wildman–Crippen LogP) is 3.75. The summed E-state index contributed by atoms with van der Waals surface area (Å²) in [6, 6.07) is 18.3. The number of hydrogen-bond donors (Lipinski definition) is 0. The minimum Gasteiger partial charge on any atom is -0.272 e. The van der Waals surface area contributed by atoms with Crippen LogP contribution in [0.3, 0.4) is 0 Å². The van der Waals surface area contributed by atoms with Crippen molar-refractivity contribution in [1.82, 2.24) is 0 Å². The van der Waals surface area contributed by atoms with E-state index in [1.807, 2.05) is 48.5 Å². The Balaban J connectivity index is 1.76. The third kappa shape index (κ3) is 2.49. The maximum atomic E-state index is 13.3. The summed E-state index contributed by atoms with van der Waals surface area (Å²) < 4.78 is 0. The molecule has 2 unspecified atom stereocenters. The molecule has 0 aromatic heterocycles. The summed E-state index contributed by atoms with van der Waals surface area (Å²) in [7, 11) is 0. The van der Waals surface area contributed by atoms with Crippen LogP contribution in [0.1, 0.15) is 13.8 Å². The van der Waals surface area contributed by atoms with Gasteiger partial charge in [-0.25, -0.2) is 10.0 Å². The van der Waals surface area contributed by atoms with E-state index in [2.05, 4.69) is 15.4 Å². The molecule has 0 saturated heterocycles. The van der Waals surface area contributed by atoms with Crippen LogP contribution in [0, 0.1) is 10.8 Å². The van der Waals surface area contributed by atoms with E-state index in [9.17, 15) is 9.70 Å². The van der Waals surface area contributed by atoms with Crippen LogP contribution in [-0.2, 0) is 4.79 Å². The van der Waals surface area contributed by atoms with Gasteiger partial charge >= 0.3 is 0 Å². The molecule has 0 radical (unpaired) electrons. The third-order valence-electron chi connectivity index (χ3n) is 5.01. The molecule has 0 bridgehead atoms. The molecule has 2 aliphatic heterocycles. The number of hydrogen-bond acceptors (Lipinski definition) is 6. The molecule has 8 heteroatoms. The lowest BCUT2D eigenvalue weighted by atomic mass is 9.78. The van der Waals surface area contributed by atoms with Crippen LogP contribution in [0.4, 0.5) is 11.4 Å². The van der Waals surface area contributed by atoms with Gasteiger partial charge in [0, 0.05) is 0 Å². The van der Waals surface area contributed by atoms with Crippen molar-refractivity contribution >= 4 is 45.9 Å². The Morgan fingerprint density at radius 3 is 2.00 bits per heavy atom. The number of hydrazone groups is 2. The molecule has 7 nitrogen and oxygen atoms in total. The van der Waals surface area contributed by atoms with E-state index >= 15 is 0 Å². The van der Waals surface area contributed by atoms with E-state index in [4.69, 9.17) is 12.2 Å². The monoisotopic (exact) mass is 391 g/mol. The number of anilines is 2. The van der Waals surface area contributed by atoms with Crippen LogP contribution in [0.5, 0.6) is 0 Å². The van der Waals surface area contributed by atoms with Crippen LogP contribution < -0.4 is 10.0 Å². The van der Waals surface area contributed by atoms with E-state index in [1.54, 1.807) is 26.0 Å². The van der Waals surface area contributed by atoms with Crippen molar-refractivity contribution in [3.05, 3.63) is 65.6 Å². The molecule has 2 heterocycles. The van der Waals surface area contributed by atoms with Crippen LogP contribution in [0.15, 0.2) is 76.0 Å². The predicted molar refractivity (Wildman–Crippen MR) is 114 cm³/mol. The molecule has 2 aliphatic rings. The summed E-state index contributed by atoms with van der Waals surface area (Å²) in [6.45, 7) is 3.38. The van der Waals surface area contributed by atoms with Gasteiger partial charge in [0.15, 0.2) is 0 Å². The van der Waals surface area contributed by atoms with Gasteiger partial charge in [0.05, 0.1) is 22.8 Å². The number of para-hydroxylation sites is 2. The van der Waals surface area contributed by atoms with Crippen molar-refractivity contribution < 1.29 is 4.79 Å². The number of nitrogens with zero attached hydrogens (tertiary/aromatic N) is 5. The van der Waals surface area contributed by atoms with Gasteiger partial charge in [0.2, 0.25) is 5.54 Å². The number of carbonyl (C=O) groups excluding carboxylic acids is 1. The largest absolute Gasteiger partial charge is 0.272 e. The van der Waals surface area contributed by atoms with Gasteiger partial charge in [-0.3, -0.25) is 4.79 Å². The van der Waals surface area contributed by atoms with Crippen molar-refractivity contribution in [2.24, 2.45) is 21.3 Å². The molecule has 0 aliphatic carbocycles. The molecule has 0 fully saturated rings. The van der Waals surface area contributed by atoms with Gasteiger partial charge in [0.25, 0.3) is 5.91 Å². The van der Waals surface area contributed by atoms with Crippen molar-refractivity contribution in [1.29, 1.82) is 0 Å². The number of rotatable bonds is 4. The van der Waals surface area contributed by atoms with Gasteiger partial charge in [0.1, 0.15) is 10.9 Å². The van der Waals surface area contributed by atoms with Crippen LogP contribution in [0.2, 0.25) is 0 Å². The van der Waals surface area contributed by atoms with Crippen molar-refractivity contribution in [3.8, 4) is 0 Å². The summed E-state index contributed by atoms with van der Waals surface area (Å²) in [5.41, 5.74) is 0.588. The number of amides is 1. The zero-order valence-electron chi connectivity index (χ0n) is 15.3. The molecule has 140 valence electrons. The molecule has 28 heavy (non-hydrogen) atoms. The summed E-state index contributed by atoms with van der Waals surface area (Å²) in [5, 5.41) is 15.0. The average Bonchev–Trinajstić information content (AvgIpc) is 3.16. The molecular weight excluding hydrogens is 374 g/mol. The second-order valence-electron chi connectivity index (χ2n) is 6.66. The molecule has 0 spiro atoms. The van der Waals surface area contributed by atoms with Crippen LogP contribution in [-0.4, -0.2) is 27.9 Å². The summed E-state index contributed by atoms with van der Waals surface area (Å²) in [5.74, 6) is -1.29. The van der Waals surface area contributed by atoms with E-state index in [0.717, 1.165) is 0 Å². The molecule has 0 N–H and O–H groups in total. The van der Waals surface area contributed by atoms with Gasteiger partial charge in [-0.2, -0.15) is 10.2 Å². The Morgan fingerprint density at radius 2 is 1.46 bits per heavy atom. The van der Waals surface area contributed by atoms with Gasteiger partial charge in [-0.15, -0.1) is 4.91 Å². The fourth-order valence-electron chi connectivity index (χ4n) is 3.62. The highest BCUT2D eigenvalue weighted by Gasteiger charge is 2.60. The summed E-state index contributed by atoms with van der Waals surface area (Å²) in [6.07, 6.45) is 0. The fraction of sp³-hybridized carbons (Fsp3) is 0.200. The maximum Gasteiger partial charge on any atom is 0.259 e. The zero-order valence-corrected chi connectivity index (χ0v) is 16.1. The molecule has 1 amide bonds.